The predicted octanol–water partition coefficient (Wildman–Crippen LogP) is 1.67. The Morgan fingerprint density at radius 1 is 1.48 bits per heavy atom. The van der Waals surface area contributed by atoms with Gasteiger partial charge >= 0.3 is 0 Å². The van der Waals surface area contributed by atoms with Crippen molar-refractivity contribution in [2.45, 2.75) is 32.2 Å². The molecule has 1 amide bonds. The lowest BCUT2D eigenvalue weighted by Crippen LogP contribution is -2.32. The Balaban J connectivity index is 0.00000156. The Labute approximate surface area is 142 Å². The molecule has 1 aromatic heterocycles. The molecule has 3 fully saturated rings. The SMILES string of the molecule is Cl.O=C(Nc1ccnn1CC1CCOC1)C1CC12CCNCC2. The van der Waals surface area contributed by atoms with Crippen molar-refractivity contribution in [3.05, 3.63) is 12.3 Å². The van der Waals surface area contributed by atoms with Gasteiger partial charge in [0.2, 0.25) is 5.91 Å². The highest BCUT2D eigenvalue weighted by Gasteiger charge is 2.57. The monoisotopic (exact) mass is 340 g/mol. The van der Waals surface area contributed by atoms with Gasteiger partial charge in [0.1, 0.15) is 5.82 Å². The highest BCUT2D eigenvalue weighted by molar-refractivity contribution is 5.94. The number of anilines is 1. The van der Waals surface area contributed by atoms with E-state index in [1.165, 1.54) is 0 Å². The van der Waals surface area contributed by atoms with Crippen LogP contribution in [0.5, 0.6) is 0 Å². The highest BCUT2D eigenvalue weighted by Crippen LogP contribution is 2.58. The Morgan fingerprint density at radius 2 is 2.30 bits per heavy atom. The van der Waals surface area contributed by atoms with Gasteiger partial charge in [-0.3, -0.25) is 4.79 Å². The fourth-order valence-corrected chi connectivity index (χ4v) is 3.97. The third-order valence-corrected chi connectivity index (χ3v) is 5.53. The number of carbonyl (C=O) groups is 1. The average molecular weight is 341 g/mol. The third kappa shape index (κ3) is 3.39. The molecule has 4 rings (SSSR count). The summed E-state index contributed by atoms with van der Waals surface area (Å²) in [6.45, 7) is 4.55. The zero-order chi connectivity index (χ0) is 15.0. The number of halogens is 1. The average Bonchev–Trinajstić information content (AvgIpc) is 2.91. The summed E-state index contributed by atoms with van der Waals surface area (Å²) in [4.78, 5) is 12.5. The van der Waals surface area contributed by atoms with Crippen LogP contribution in [0, 0.1) is 17.3 Å². The Hall–Kier alpha value is -1.11. The normalized spacial score (nSPS) is 28.3. The number of aromatic nitrogens is 2. The van der Waals surface area contributed by atoms with Gasteiger partial charge in [-0.2, -0.15) is 5.10 Å². The van der Waals surface area contributed by atoms with Crippen LogP contribution in [0.3, 0.4) is 0 Å². The minimum atomic E-state index is 0. The molecule has 1 aromatic rings. The molecule has 2 N–H and O–H groups in total. The number of carbonyl (C=O) groups excluding carboxylic acids is 1. The molecule has 3 aliphatic rings. The predicted molar refractivity (Wildman–Crippen MR) is 89.7 cm³/mol. The van der Waals surface area contributed by atoms with E-state index < -0.39 is 0 Å². The van der Waals surface area contributed by atoms with Crippen molar-refractivity contribution >= 4 is 24.1 Å². The Morgan fingerprint density at radius 3 is 3.04 bits per heavy atom. The zero-order valence-corrected chi connectivity index (χ0v) is 14.1. The molecule has 128 valence electrons. The van der Waals surface area contributed by atoms with Crippen LogP contribution in [0.4, 0.5) is 5.82 Å². The molecule has 0 radical (unpaired) electrons. The second-order valence-corrected chi connectivity index (χ2v) is 6.99. The van der Waals surface area contributed by atoms with Gasteiger partial charge < -0.3 is 15.4 Å². The summed E-state index contributed by atoms with van der Waals surface area (Å²) in [5, 5.41) is 10.8. The van der Waals surface area contributed by atoms with Crippen LogP contribution in [0.15, 0.2) is 12.3 Å². The summed E-state index contributed by atoms with van der Waals surface area (Å²) in [6, 6.07) is 1.89. The number of rotatable bonds is 4. The van der Waals surface area contributed by atoms with Crippen molar-refractivity contribution in [3.8, 4) is 0 Å². The molecule has 1 saturated carbocycles. The minimum absolute atomic E-state index is 0. The molecule has 2 saturated heterocycles. The van der Waals surface area contributed by atoms with E-state index in [1.807, 2.05) is 10.7 Å². The van der Waals surface area contributed by atoms with E-state index >= 15 is 0 Å². The van der Waals surface area contributed by atoms with Crippen molar-refractivity contribution in [2.75, 3.05) is 31.6 Å². The molecule has 1 spiro atoms. The first-order valence-corrected chi connectivity index (χ1v) is 8.38. The van der Waals surface area contributed by atoms with E-state index in [9.17, 15) is 4.79 Å². The molecule has 3 heterocycles. The maximum Gasteiger partial charge on any atom is 0.229 e. The van der Waals surface area contributed by atoms with Crippen molar-refractivity contribution in [1.29, 1.82) is 0 Å². The van der Waals surface area contributed by atoms with Crippen LogP contribution >= 0.6 is 12.4 Å². The first kappa shape index (κ1) is 16.7. The largest absolute Gasteiger partial charge is 0.381 e. The van der Waals surface area contributed by atoms with Gasteiger partial charge in [0.25, 0.3) is 0 Å². The number of hydrogen-bond donors (Lipinski definition) is 2. The molecule has 7 heteroatoms. The third-order valence-electron chi connectivity index (χ3n) is 5.53. The van der Waals surface area contributed by atoms with Crippen LogP contribution in [-0.2, 0) is 16.1 Å². The molecular formula is C16H25ClN4O2. The number of hydrogen-bond acceptors (Lipinski definition) is 4. The van der Waals surface area contributed by atoms with Gasteiger partial charge in [-0.25, -0.2) is 4.68 Å². The lowest BCUT2D eigenvalue weighted by atomic mass is 9.92. The Bertz CT molecular complexity index is 550. The molecule has 2 unspecified atom stereocenters. The van der Waals surface area contributed by atoms with E-state index in [1.54, 1.807) is 6.20 Å². The van der Waals surface area contributed by atoms with Gasteiger partial charge in [0, 0.05) is 31.1 Å². The number of nitrogens with one attached hydrogen (secondary N) is 2. The number of amides is 1. The second kappa shape index (κ2) is 6.79. The number of ether oxygens (including phenoxy) is 1. The first-order valence-electron chi connectivity index (χ1n) is 8.38. The molecule has 23 heavy (non-hydrogen) atoms. The lowest BCUT2D eigenvalue weighted by molar-refractivity contribution is -0.118. The fourth-order valence-electron chi connectivity index (χ4n) is 3.97. The molecule has 2 aliphatic heterocycles. The molecular weight excluding hydrogens is 316 g/mol. The summed E-state index contributed by atoms with van der Waals surface area (Å²) < 4.78 is 7.33. The van der Waals surface area contributed by atoms with Crippen LogP contribution in [0.25, 0.3) is 0 Å². The minimum Gasteiger partial charge on any atom is -0.381 e. The smallest absolute Gasteiger partial charge is 0.229 e. The molecule has 0 bridgehead atoms. The lowest BCUT2D eigenvalue weighted by Gasteiger charge is -2.23. The number of piperidine rings is 1. The molecule has 2 atom stereocenters. The van der Waals surface area contributed by atoms with Crippen LogP contribution in [0.1, 0.15) is 25.7 Å². The van der Waals surface area contributed by atoms with Crippen molar-refractivity contribution in [2.24, 2.45) is 17.3 Å². The van der Waals surface area contributed by atoms with Crippen LogP contribution in [-0.4, -0.2) is 42.0 Å². The van der Waals surface area contributed by atoms with Crippen molar-refractivity contribution in [3.63, 3.8) is 0 Å². The maximum absolute atomic E-state index is 12.5. The van der Waals surface area contributed by atoms with Crippen LogP contribution < -0.4 is 10.6 Å². The van der Waals surface area contributed by atoms with Gasteiger partial charge in [-0.05, 0) is 44.2 Å². The second-order valence-electron chi connectivity index (χ2n) is 6.99. The fraction of sp³-hybridized carbons (Fsp3) is 0.750. The summed E-state index contributed by atoms with van der Waals surface area (Å²) in [6.07, 6.45) is 6.14. The van der Waals surface area contributed by atoms with E-state index in [2.05, 4.69) is 15.7 Å². The summed E-state index contributed by atoms with van der Waals surface area (Å²) >= 11 is 0. The van der Waals surface area contributed by atoms with Gasteiger partial charge in [-0.1, -0.05) is 0 Å². The van der Waals surface area contributed by atoms with Gasteiger partial charge in [0.15, 0.2) is 0 Å². The maximum atomic E-state index is 12.5. The van der Waals surface area contributed by atoms with Crippen LogP contribution in [0.2, 0.25) is 0 Å². The van der Waals surface area contributed by atoms with Crippen molar-refractivity contribution < 1.29 is 9.53 Å². The quantitative estimate of drug-likeness (QED) is 0.875. The van der Waals surface area contributed by atoms with E-state index in [4.69, 9.17) is 4.74 Å². The van der Waals surface area contributed by atoms with Gasteiger partial charge in [0.05, 0.1) is 12.8 Å². The highest BCUT2D eigenvalue weighted by atomic mass is 35.5. The number of nitrogens with zero attached hydrogens (tertiary/aromatic N) is 2. The topological polar surface area (TPSA) is 68.2 Å². The van der Waals surface area contributed by atoms with Crippen molar-refractivity contribution in [1.82, 2.24) is 15.1 Å². The van der Waals surface area contributed by atoms with E-state index in [0.29, 0.717) is 5.92 Å². The standard InChI is InChI=1S/C16H24N4O2.ClH/c21-15(13-9-16(13)3-6-17-7-4-16)19-14-1-5-18-20(14)10-12-2-8-22-11-12;/h1,5,12-13,17H,2-4,6-11H2,(H,19,21);1H. The van der Waals surface area contributed by atoms with E-state index in [-0.39, 0.29) is 29.6 Å². The first-order chi connectivity index (χ1) is 10.8. The molecule has 1 aliphatic carbocycles. The summed E-state index contributed by atoms with van der Waals surface area (Å²) in [7, 11) is 0. The van der Waals surface area contributed by atoms with Gasteiger partial charge in [-0.15, -0.1) is 12.4 Å². The molecule has 6 nitrogen and oxygen atoms in total. The van der Waals surface area contributed by atoms with E-state index in [0.717, 1.165) is 64.3 Å². The summed E-state index contributed by atoms with van der Waals surface area (Å²) in [5.74, 6) is 1.69. The molecule has 0 aromatic carbocycles. The summed E-state index contributed by atoms with van der Waals surface area (Å²) in [5.41, 5.74) is 0.277. The Kier molecular flexibility index (Phi) is 4.94. The zero-order valence-electron chi connectivity index (χ0n) is 13.3.